The van der Waals surface area contributed by atoms with Crippen molar-refractivity contribution in [3.63, 3.8) is 0 Å². The molecule has 0 radical (unpaired) electrons. The van der Waals surface area contributed by atoms with Crippen molar-refractivity contribution in [1.29, 1.82) is 0 Å². The number of unbranched alkanes of at least 4 members (excludes halogenated alkanes) is 1. The summed E-state index contributed by atoms with van der Waals surface area (Å²) in [6, 6.07) is 3.25. The number of carbonyl (C=O) groups is 3. The van der Waals surface area contributed by atoms with Crippen LogP contribution in [0.25, 0.3) is 11.5 Å². The first-order valence-electron chi connectivity index (χ1n) is 12.6. The van der Waals surface area contributed by atoms with E-state index < -0.39 is 47.0 Å². The number of halogens is 3. The molecule has 2 atom stereocenters. The molecule has 0 fully saturated rings. The smallest absolute Gasteiger partial charge is 0.416 e. The number of anilines is 1. The van der Waals surface area contributed by atoms with E-state index in [0.717, 1.165) is 17.0 Å². The van der Waals surface area contributed by atoms with Crippen molar-refractivity contribution in [3.05, 3.63) is 48.0 Å². The summed E-state index contributed by atoms with van der Waals surface area (Å²) in [6.45, 7) is 7.09. The van der Waals surface area contributed by atoms with Gasteiger partial charge in [-0.2, -0.15) is 18.3 Å². The lowest BCUT2D eigenvalue weighted by atomic mass is 9.82. The molecule has 11 nitrogen and oxygen atoms in total. The van der Waals surface area contributed by atoms with Crippen LogP contribution in [0.15, 0.2) is 40.9 Å². The van der Waals surface area contributed by atoms with Crippen LogP contribution in [-0.2, 0) is 22.2 Å². The zero-order chi connectivity index (χ0) is 29.7. The molecule has 0 aliphatic carbocycles. The van der Waals surface area contributed by atoms with Crippen LogP contribution in [0.2, 0.25) is 0 Å². The number of aromatic amines is 1. The maximum Gasteiger partial charge on any atom is 0.416 e. The maximum absolute atomic E-state index is 13.3. The van der Waals surface area contributed by atoms with Gasteiger partial charge in [0.1, 0.15) is 11.9 Å². The SMILES string of the molecule is CCCC[C@@H](C(=O)C(=O)Nc1ccn[nH]1)N(C(=O)[O-])[C@H](Cc1nnc(-c2ccc(C(F)(F)F)cc2)o1)C(C)(C)C. The van der Waals surface area contributed by atoms with Crippen LogP contribution in [-0.4, -0.2) is 55.2 Å². The van der Waals surface area contributed by atoms with Crippen molar-refractivity contribution >= 4 is 23.6 Å². The Morgan fingerprint density at radius 2 is 1.77 bits per heavy atom. The van der Waals surface area contributed by atoms with Gasteiger partial charge in [-0.05, 0) is 36.1 Å². The third-order valence-corrected chi connectivity index (χ3v) is 6.28. The molecule has 2 N–H and O–H groups in total. The molecule has 0 bridgehead atoms. The fourth-order valence-electron chi connectivity index (χ4n) is 4.17. The first-order chi connectivity index (χ1) is 18.7. The van der Waals surface area contributed by atoms with Gasteiger partial charge in [-0.1, -0.05) is 40.5 Å². The van der Waals surface area contributed by atoms with Crippen LogP contribution in [0.4, 0.5) is 23.8 Å². The molecule has 2 heterocycles. The van der Waals surface area contributed by atoms with E-state index in [9.17, 15) is 32.7 Å². The minimum absolute atomic E-state index is 0.00956. The van der Waals surface area contributed by atoms with Gasteiger partial charge in [-0.25, -0.2) is 0 Å². The number of H-pyrrole nitrogens is 1. The Kier molecular flexibility index (Phi) is 9.32. The number of rotatable bonds is 11. The molecule has 3 rings (SSSR count). The van der Waals surface area contributed by atoms with Crippen molar-refractivity contribution in [2.24, 2.45) is 5.41 Å². The second-order valence-corrected chi connectivity index (χ2v) is 10.3. The molecule has 2 aromatic heterocycles. The predicted molar refractivity (Wildman–Crippen MR) is 134 cm³/mol. The minimum Gasteiger partial charge on any atom is -0.530 e. The van der Waals surface area contributed by atoms with Crippen LogP contribution < -0.4 is 10.4 Å². The largest absolute Gasteiger partial charge is 0.530 e. The molecule has 0 spiro atoms. The number of Topliss-reactive ketones (excluding diaryl/α,β-unsaturated/α-hetero) is 1. The summed E-state index contributed by atoms with van der Waals surface area (Å²) in [7, 11) is 0. The Morgan fingerprint density at radius 1 is 1.10 bits per heavy atom. The third kappa shape index (κ3) is 7.45. The zero-order valence-corrected chi connectivity index (χ0v) is 22.4. The highest BCUT2D eigenvalue weighted by Gasteiger charge is 2.40. The van der Waals surface area contributed by atoms with E-state index in [-0.39, 0.29) is 36.0 Å². The van der Waals surface area contributed by atoms with Crippen molar-refractivity contribution in [1.82, 2.24) is 25.3 Å². The summed E-state index contributed by atoms with van der Waals surface area (Å²) in [6.07, 6.45) is -3.79. The number of benzene rings is 1. The Morgan fingerprint density at radius 3 is 2.30 bits per heavy atom. The van der Waals surface area contributed by atoms with Crippen molar-refractivity contribution in [2.45, 2.75) is 71.6 Å². The van der Waals surface area contributed by atoms with E-state index in [1.165, 1.54) is 24.4 Å². The number of carbonyl (C=O) groups excluding carboxylic acids is 3. The van der Waals surface area contributed by atoms with Gasteiger partial charge < -0.3 is 24.5 Å². The normalized spacial score (nSPS) is 13.5. The van der Waals surface area contributed by atoms with Crippen LogP contribution in [0.1, 0.15) is 58.4 Å². The van der Waals surface area contributed by atoms with Gasteiger partial charge in [0.15, 0.2) is 0 Å². The summed E-state index contributed by atoms with van der Waals surface area (Å²) >= 11 is 0. The second-order valence-electron chi connectivity index (χ2n) is 10.3. The standard InChI is InChI=1S/C26H31F3N6O5/c1-5-6-7-17(21(36)22(37)31-19-12-13-30-32-19)35(24(38)39)18(25(2,3)4)14-20-33-34-23(40-20)15-8-10-16(11-9-15)26(27,28)29/h8-13,17-18H,5-7,14H2,1-4H3,(H,38,39)(H2,30,31,32,37)/p-1/t17-,18+/m0/s1. The first kappa shape index (κ1) is 30.3. The highest BCUT2D eigenvalue weighted by molar-refractivity contribution is 6.42. The third-order valence-electron chi connectivity index (χ3n) is 6.28. The molecule has 1 aromatic carbocycles. The molecular formula is C26H30F3N6O5-. The fourth-order valence-corrected chi connectivity index (χ4v) is 4.17. The monoisotopic (exact) mass is 563 g/mol. The number of ketones is 1. The number of carboxylic acid groups (broad SMARTS) is 1. The minimum atomic E-state index is -4.51. The summed E-state index contributed by atoms with van der Waals surface area (Å²) < 4.78 is 44.4. The molecule has 3 aromatic rings. The lowest BCUT2D eigenvalue weighted by molar-refractivity contribution is -0.272. The quantitative estimate of drug-likeness (QED) is 0.333. The number of nitrogens with zero attached hydrogens (tertiary/aromatic N) is 4. The predicted octanol–water partition coefficient (Wildman–Crippen LogP) is 3.85. The van der Waals surface area contributed by atoms with E-state index >= 15 is 0 Å². The molecule has 0 aliphatic rings. The Hall–Kier alpha value is -4.23. The molecule has 0 saturated carbocycles. The second kappa shape index (κ2) is 12.3. The van der Waals surface area contributed by atoms with Gasteiger partial charge in [0, 0.05) is 24.1 Å². The summed E-state index contributed by atoms with van der Waals surface area (Å²) in [5, 5.41) is 29.0. The van der Waals surface area contributed by atoms with E-state index in [0.29, 0.717) is 12.8 Å². The van der Waals surface area contributed by atoms with Crippen molar-refractivity contribution < 1.29 is 37.1 Å². The molecule has 0 unspecified atom stereocenters. The summed E-state index contributed by atoms with van der Waals surface area (Å²) in [5.41, 5.74) is -1.40. The molecule has 40 heavy (non-hydrogen) atoms. The lowest BCUT2D eigenvalue weighted by Gasteiger charge is -2.45. The number of aromatic nitrogens is 4. The Bertz CT molecular complexity index is 1300. The van der Waals surface area contributed by atoms with Crippen LogP contribution in [0, 0.1) is 5.41 Å². The van der Waals surface area contributed by atoms with Gasteiger partial charge in [0.2, 0.25) is 17.6 Å². The number of hydrogen-bond acceptors (Lipinski definition) is 8. The Labute approximate surface area is 228 Å². The van der Waals surface area contributed by atoms with E-state index in [1.54, 1.807) is 20.8 Å². The summed E-state index contributed by atoms with van der Waals surface area (Å²) in [5.74, 6) is -1.90. The molecular weight excluding hydrogens is 533 g/mol. The number of amides is 2. The van der Waals surface area contributed by atoms with Crippen LogP contribution in [0.5, 0.6) is 0 Å². The van der Waals surface area contributed by atoms with Gasteiger partial charge >= 0.3 is 6.18 Å². The summed E-state index contributed by atoms with van der Waals surface area (Å²) in [4.78, 5) is 39.4. The number of nitrogens with one attached hydrogen (secondary N) is 2. The van der Waals surface area contributed by atoms with Crippen molar-refractivity contribution in [3.8, 4) is 11.5 Å². The van der Waals surface area contributed by atoms with E-state index in [2.05, 4.69) is 25.7 Å². The Balaban J connectivity index is 1.91. The first-order valence-corrected chi connectivity index (χ1v) is 12.6. The molecule has 0 aliphatic heterocycles. The average molecular weight is 564 g/mol. The molecule has 14 heteroatoms. The zero-order valence-electron chi connectivity index (χ0n) is 22.4. The average Bonchev–Trinajstić information content (AvgIpc) is 3.56. The fraction of sp³-hybridized carbons (Fsp3) is 0.462. The molecule has 0 saturated heterocycles. The van der Waals surface area contributed by atoms with Gasteiger partial charge in [-0.3, -0.25) is 14.7 Å². The molecule has 216 valence electrons. The van der Waals surface area contributed by atoms with Crippen molar-refractivity contribution in [2.75, 3.05) is 5.32 Å². The van der Waals surface area contributed by atoms with Gasteiger partial charge in [0.25, 0.3) is 5.91 Å². The van der Waals surface area contributed by atoms with E-state index in [1.807, 2.05) is 6.92 Å². The number of hydrogen-bond donors (Lipinski definition) is 2. The topological polar surface area (TPSA) is 157 Å². The van der Waals surface area contributed by atoms with Gasteiger partial charge in [-0.15, -0.1) is 10.2 Å². The highest BCUT2D eigenvalue weighted by Crippen LogP contribution is 2.33. The van der Waals surface area contributed by atoms with Crippen LogP contribution in [0.3, 0.4) is 0 Å². The van der Waals surface area contributed by atoms with Crippen LogP contribution >= 0.6 is 0 Å². The lowest BCUT2D eigenvalue weighted by Crippen LogP contribution is -2.61. The number of alkyl halides is 3. The maximum atomic E-state index is 13.3. The van der Waals surface area contributed by atoms with Gasteiger partial charge in [0.05, 0.1) is 17.8 Å². The molecule has 2 amide bonds. The van der Waals surface area contributed by atoms with E-state index in [4.69, 9.17) is 4.42 Å². The highest BCUT2D eigenvalue weighted by atomic mass is 19.4.